The summed E-state index contributed by atoms with van der Waals surface area (Å²) < 4.78 is 5.97. The molecule has 0 radical (unpaired) electrons. The molecule has 108 valence electrons. The van der Waals surface area contributed by atoms with Gasteiger partial charge in [0.2, 0.25) is 0 Å². The molecular formula is C16H33NO. The van der Waals surface area contributed by atoms with Crippen LogP contribution in [-0.4, -0.2) is 18.8 Å². The summed E-state index contributed by atoms with van der Waals surface area (Å²) in [5.74, 6) is 1.54. The van der Waals surface area contributed by atoms with Crippen LogP contribution in [0.1, 0.15) is 66.7 Å². The van der Waals surface area contributed by atoms with Gasteiger partial charge in [-0.3, -0.25) is 0 Å². The van der Waals surface area contributed by atoms with E-state index in [0.29, 0.717) is 5.92 Å². The SMILES string of the molecule is CCOC(C(N)C1CCCC(CC)C1)C(C)(C)C. The molecule has 1 saturated carbocycles. The van der Waals surface area contributed by atoms with Crippen molar-refractivity contribution in [1.82, 2.24) is 0 Å². The van der Waals surface area contributed by atoms with Crippen molar-refractivity contribution >= 4 is 0 Å². The number of ether oxygens (including phenoxy) is 1. The first kappa shape index (κ1) is 16.0. The van der Waals surface area contributed by atoms with Crippen LogP contribution in [0.25, 0.3) is 0 Å². The van der Waals surface area contributed by atoms with Crippen molar-refractivity contribution < 1.29 is 4.74 Å². The second kappa shape index (κ2) is 6.91. The van der Waals surface area contributed by atoms with Gasteiger partial charge in [0, 0.05) is 12.6 Å². The molecule has 0 aromatic rings. The van der Waals surface area contributed by atoms with Crippen LogP contribution in [0.2, 0.25) is 0 Å². The summed E-state index contributed by atoms with van der Waals surface area (Å²) >= 11 is 0. The highest BCUT2D eigenvalue weighted by Gasteiger charge is 2.36. The lowest BCUT2D eigenvalue weighted by Crippen LogP contribution is -2.50. The van der Waals surface area contributed by atoms with Crippen molar-refractivity contribution in [3.8, 4) is 0 Å². The summed E-state index contributed by atoms with van der Waals surface area (Å²) in [7, 11) is 0. The third-order valence-electron chi connectivity index (χ3n) is 4.49. The molecule has 4 atom stereocenters. The van der Waals surface area contributed by atoms with Crippen LogP contribution in [0.4, 0.5) is 0 Å². The second-order valence-corrected chi connectivity index (χ2v) is 7.02. The Morgan fingerprint density at radius 2 is 1.89 bits per heavy atom. The molecule has 0 saturated heterocycles. The smallest absolute Gasteiger partial charge is 0.0776 e. The summed E-state index contributed by atoms with van der Waals surface area (Å²) in [5, 5.41) is 0. The Labute approximate surface area is 114 Å². The normalized spacial score (nSPS) is 29.0. The minimum atomic E-state index is 0.134. The molecule has 2 N–H and O–H groups in total. The van der Waals surface area contributed by atoms with E-state index in [4.69, 9.17) is 10.5 Å². The third-order valence-corrected chi connectivity index (χ3v) is 4.49. The van der Waals surface area contributed by atoms with Crippen molar-refractivity contribution in [3.63, 3.8) is 0 Å². The molecule has 1 rings (SSSR count). The number of hydrogen-bond acceptors (Lipinski definition) is 2. The van der Waals surface area contributed by atoms with E-state index in [1.54, 1.807) is 0 Å². The zero-order valence-electron chi connectivity index (χ0n) is 13.0. The van der Waals surface area contributed by atoms with Gasteiger partial charge in [0.25, 0.3) is 0 Å². The average Bonchev–Trinajstić information content (AvgIpc) is 2.34. The topological polar surface area (TPSA) is 35.2 Å². The largest absolute Gasteiger partial charge is 0.376 e. The van der Waals surface area contributed by atoms with Crippen LogP contribution in [0.5, 0.6) is 0 Å². The molecule has 0 amide bonds. The zero-order valence-corrected chi connectivity index (χ0v) is 13.0. The van der Waals surface area contributed by atoms with E-state index in [-0.39, 0.29) is 17.6 Å². The van der Waals surface area contributed by atoms with Gasteiger partial charge in [-0.15, -0.1) is 0 Å². The molecule has 0 aliphatic heterocycles. The van der Waals surface area contributed by atoms with Crippen LogP contribution >= 0.6 is 0 Å². The number of rotatable bonds is 5. The Kier molecular flexibility index (Phi) is 6.13. The van der Waals surface area contributed by atoms with Gasteiger partial charge >= 0.3 is 0 Å². The first-order chi connectivity index (χ1) is 8.40. The van der Waals surface area contributed by atoms with Crippen LogP contribution in [-0.2, 0) is 4.74 Å². The van der Waals surface area contributed by atoms with Gasteiger partial charge in [-0.25, -0.2) is 0 Å². The average molecular weight is 255 g/mol. The molecule has 1 aliphatic carbocycles. The Bertz CT molecular complexity index is 234. The molecular weight excluding hydrogens is 222 g/mol. The zero-order chi connectivity index (χ0) is 13.8. The molecule has 0 aromatic heterocycles. The maximum atomic E-state index is 6.56. The Morgan fingerprint density at radius 1 is 1.22 bits per heavy atom. The lowest BCUT2D eigenvalue weighted by molar-refractivity contribution is -0.0452. The van der Waals surface area contributed by atoms with E-state index in [0.717, 1.165) is 12.5 Å². The summed E-state index contributed by atoms with van der Waals surface area (Å²) in [6.45, 7) is 11.9. The maximum absolute atomic E-state index is 6.56. The minimum Gasteiger partial charge on any atom is -0.376 e. The first-order valence-corrected chi connectivity index (χ1v) is 7.77. The predicted octanol–water partition coefficient (Wildman–Crippen LogP) is 3.98. The fraction of sp³-hybridized carbons (Fsp3) is 1.00. The van der Waals surface area contributed by atoms with E-state index in [1.807, 2.05) is 0 Å². The molecule has 4 unspecified atom stereocenters. The van der Waals surface area contributed by atoms with Crippen LogP contribution in [0.15, 0.2) is 0 Å². The highest BCUT2D eigenvalue weighted by molar-refractivity contribution is 4.90. The molecule has 2 heteroatoms. The van der Waals surface area contributed by atoms with Gasteiger partial charge in [-0.2, -0.15) is 0 Å². The predicted molar refractivity (Wildman–Crippen MR) is 78.6 cm³/mol. The monoisotopic (exact) mass is 255 g/mol. The van der Waals surface area contributed by atoms with E-state index in [9.17, 15) is 0 Å². The molecule has 0 aromatic carbocycles. The van der Waals surface area contributed by atoms with Crippen molar-refractivity contribution in [3.05, 3.63) is 0 Å². The van der Waals surface area contributed by atoms with Crippen LogP contribution in [0, 0.1) is 17.3 Å². The van der Waals surface area contributed by atoms with Crippen LogP contribution in [0.3, 0.4) is 0 Å². The van der Waals surface area contributed by atoms with Gasteiger partial charge in [0.15, 0.2) is 0 Å². The third kappa shape index (κ3) is 4.24. The van der Waals surface area contributed by atoms with Gasteiger partial charge in [0.05, 0.1) is 6.10 Å². The molecule has 0 heterocycles. The van der Waals surface area contributed by atoms with E-state index < -0.39 is 0 Å². The van der Waals surface area contributed by atoms with E-state index in [2.05, 4.69) is 34.6 Å². The molecule has 2 nitrogen and oxygen atoms in total. The fourth-order valence-electron chi connectivity index (χ4n) is 3.42. The molecule has 0 spiro atoms. The standard InChI is InChI=1S/C16H33NO/c1-6-12-9-8-10-13(11-12)14(17)15(18-7-2)16(3,4)5/h12-15H,6-11,17H2,1-5H3. The summed E-state index contributed by atoms with van der Waals surface area (Å²) in [5.41, 5.74) is 6.69. The molecule has 0 bridgehead atoms. The molecule has 1 aliphatic rings. The lowest BCUT2D eigenvalue weighted by Gasteiger charge is -2.41. The van der Waals surface area contributed by atoms with Gasteiger partial charge in [0.1, 0.15) is 0 Å². The number of hydrogen-bond donors (Lipinski definition) is 1. The quantitative estimate of drug-likeness (QED) is 0.806. The van der Waals surface area contributed by atoms with E-state index >= 15 is 0 Å². The lowest BCUT2D eigenvalue weighted by atomic mass is 9.72. The highest BCUT2D eigenvalue weighted by Crippen LogP contribution is 2.36. The summed E-state index contributed by atoms with van der Waals surface area (Å²) in [6.07, 6.45) is 6.82. The summed E-state index contributed by atoms with van der Waals surface area (Å²) in [4.78, 5) is 0. The maximum Gasteiger partial charge on any atom is 0.0776 e. The van der Waals surface area contributed by atoms with Gasteiger partial charge in [-0.1, -0.05) is 47.0 Å². The van der Waals surface area contributed by atoms with Gasteiger partial charge < -0.3 is 10.5 Å². The number of nitrogens with two attached hydrogens (primary N) is 1. The Hall–Kier alpha value is -0.0800. The fourth-order valence-corrected chi connectivity index (χ4v) is 3.42. The van der Waals surface area contributed by atoms with Crippen molar-refractivity contribution in [2.24, 2.45) is 23.0 Å². The van der Waals surface area contributed by atoms with Gasteiger partial charge in [-0.05, 0) is 37.0 Å². The molecule has 18 heavy (non-hydrogen) atoms. The highest BCUT2D eigenvalue weighted by atomic mass is 16.5. The second-order valence-electron chi connectivity index (χ2n) is 7.02. The van der Waals surface area contributed by atoms with Crippen molar-refractivity contribution in [2.75, 3.05) is 6.61 Å². The van der Waals surface area contributed by atoms with Crippen molar-refractivity contribution in [1.29, 1.82) is 0 Å². The van der Waals surface area contributed by atoms with Crippen LogP contribution < -0.4 is 5.73 Å². The Balaban J connectivity index is 2.67. The molecule has 1 fully saturated rings. The first-order valence-electron chi connectivity index (χ1n) is 7.77. The minimum absolute atomic E-state index is 0.134. The van der Waals surface area contributed by atoms with E-state index in [1.165, 1.54) is 32.1 Å². The van der Waals surface area contributed by atoms with Crippen molar-refractivity contribution in [2.45, 2.75) is 78.9 Å². The summed E-state index contributed by atoms with van der Waals surface area (Å²) in [6, 6.07) is 0.194. The Morgan fingerprint density at radius 3 is 2.39 bits per heavy atom.